The summed E-state index contributed by atoms with van der Waals surface area (Å²) in [5.74, 6) is 0.342. The molecule has 2 nitrogen and oxygen atoms in total. The number of hydrogen-bond acceptors (Lipinski definition) is 2. The molecule has 1 fully saturated rings. The molecule has 0 aromatic heterocycles. The molecule has 0 heterocycles. The van der Waals surface area contributed by atoms with E-state index in [0.717, 1.165) is 12.8 Å². The molecule has 0 aliphatic heterocycles. The van der Waals surface area contributed by atoms with Gasteiger partial charge >= 0.3 is 5.97 Å². The van der Waals surface area contributed by atoms with Gasteiger partial charge in [0.1, 0.15) is 0 Å². The van der Waals surface area contributed by atoms with Crippen LogP contribution in [0.1, 0.15) is 40.5 Å². The lowest BCUT2D eigenvalue weighted by atomic mass is 9.66. The van der Waals surface area contributed by atoms with Gasteiger partial charge in [0.15, 0.2) is 0 Å². The highest BCUT2D eigenvalue weighted by Gasteiger charge is 2.62. The Bertz CT molecular complexity index is 995. The van der Waals surface area contributed by atoms with Crippen molar-refractivity contribution in [3.8, 4) is 0 Å². The third kappa shape index (κ3) is 2.37. The number of carbonyl (C=O) groups is 1. The first-order valence-corrected chi connectivity index (χ1v) is 10.0. The van der Waals surface area contributed by atoms with E-state index in [9.17, 15) is 4.79 Å². The maximum Gasteiger partial charge on any atom is 0.309 e. The van der Waals surface area contributed by atoms with Crippen LogP contribution in [-0.2, 0) is 21.4 Å². The molecular weight excluding hydrogens is 344 g/mol. The fourth-order valence-corrected chi connectivity index (χ4v) is 5.93. The molecule has 3 aromatic rings. The van der Waals surface area contributed by atoms with Crippen molar-refractivity contribution in [1.29, 1.82) is 0 Å². The molecule has 4 unspecified atom stereocenters. The molecule has 1 saturated carbocycles. The Morgan fingerprint density at radius 3 is 2.25 bits per heavy atom. The molecule has 5 rings (SSSR count). The molecule has 28 heavy (non-hydrogen) atoms. The van der Waals surface area contributed by atoms with E-state index in [1.165, 1.54) is 29.4 Å². The molecule has 2 heteroatoms. The maximum absolute atomic E-state index is 13.0. The largest absolute Gasteiger partial charge is 0.469 e. The van der Waals surface area contributed by atoms with Crippen molar-refractivity contribution in [2.75, 3.05) is 7.11 Å². The van der Waals surface area contributed by atoms with Crippen LogP contribution in [0.25, 0.3) is 0 Å². The molecule has 0 amide bonds. The van der Waals surface area contributed by atoms with Crippen LogP contribution in [0.4, 0.5) is 0 Å². The first-order chi connectivity index (χ1) is 13.8. The van der Waals surface area contributed by atoms with Gasteiger partial charge in [0.2, 0.25) is 0 Å². The standard InChI is InChI=1S/C26H24O2/c1-28-25(27)23-16-22(18-10-4-2-5-11-18)24-21-15-9-8-12-19(21)17-26(23,24)20-13-6-3-7-14-20/h2-15,22-24H,16-17H2,1H3. The summed E-state index contributed by atoms with van der Waals surface area (Å²) in [7, 11) is 1.52. The molecule has 4 atom stereocenters. The molecule has 0 saturated heterocycles. The van der Waals surface area contributed by atoms with Crippen LogP contribution in [-0.4, -0.2) is 13.1 Å². The van der Waals surface area contributed by atoms with Crippen LogP contribution in [0.15, 0.2) is 84.9 Å². The van der Waals surface area contributed by atoms with Gasteiger partial charge in [-0.25, -0.2) is 0 Å². The van der Waals surface area contributed by atoms with Crippen LogP contribution < -0.4 is 0 Å². The van der Waals surface area contributed by atoms with Gasteiger partial charge in [0.05, 0.1) is 13.0 Å². The van der Waals surface area contributed by atoms with Gasteiger partial charge < -0.3 is 4.74 Å². The van der Waals surface area contributed by atoms with Crippen LogP contribution >= 0.6 is 0 Å². The number of esters is 1. The highest BCUT2D eigenvalue weighted by molar-refractivity contribution is 5.77. The lowest BCUT2D eigenvalue weighted by Crippen LogP contribution is -2.39. The summed E-state index contributed by atoms with van der Waals surface area (Å²) in [6.07, 6.45) is 1.71. The van der Waals surface area contributed by atoms with E-state index in [1.54, 1.807) is 0 Å². The van der Waals surface area contributed by atoms with Crippen LogP contribution in [0.5, 0.6) is 0 Å². The van der Waals surface area contributed by atoms with Gasteiger partial charge in [-0.2, -0.15) is 0 Å². The topological polar surface area (TPSA) is 26.3 Å². The zero-order chi connectivity index (χ0) is 19.1. The van der Waals surface area contributed by atoms with Gasteiger partial charge in [-0.1, -0.05) is 84.9 Å². The number of rotatable bonds is 3. The van der Waals surface area contributed by atoms with Crippen molar-refractivity contribution in [2.24, 2.45) is 5.92 Å². The third-order valence-corrected chi connectivity index (χ3v) is 6.97. The Balaban J connectivity index is 1.76. The fourth-order valence-electron chi connectivity index (χ4n) is 5.93. The number of fused-ring (bicyclic) bond motifs is 3. The number of ether oxygens (including phenoxy) is 1. The average Bonchev–Trinajstić information content (AvgIpc) is 3.28. The molecular formula is C26H24O2. The fraction of sp³-hybridized carbons (Fsp3) is 0.269. The van der Waals surface area contributed by atoms with Crippen LogP contribution in [0.2, 0.25) is 0 Å². The summed E-state index contributed by atoms with van der Waals surface area (Å²) in [5.41, 5.74) is 5.08. The Morgan fingerprint density at radius 2 is 1.54 bits per heavy atom. The van der Waals surface area contributed by atoms with Gasteiger partial charge in [-0.15, -0.1) is 0 Å². The molecule has 0 radical (unpaired) electrons. The quantitative estimate of drug-likeness (QED) is 0.591. The van der Waals surface area contributed by atoms with E-state index in [1.807, 2.05) is 6.07 Å². The smallest absolute Gasteiger partial charge is 0.309 e. The molecule has 0 spiro atoms. The van der Waals surface area contributed by atoms with E-state index < -0.39 is 0 Å². The number of hydrogen-bond donors (Lipinski definition) is 0. The van der Waals surface area contributed by atoms with Gasteiger partial charge in [-0.05, 0) is 41.0 Å². The minimum absolute atomic E-state index is 0.0832. The van der Waals surface area contributed by atoms with Crippen molar-refractivity contribution in [3.05, 3.63) is 107 Å². The molecule has 140 valence electrons. The van der Waals surface area contributed by atoms with Gasteiger partial charge in [0.25, 0.3) is 0 Å². The van der Waals surface area contributed by atoms with Crippen LogP contribution in [0, 0.1) is 5.92 Å². The molecule has 0 N–H and O–H groups in total. The first-order valence-electron chi connectivity index (χ1n) is 10.0. The van der Waals surface area contributed by atoms with E-state index >= 15 is 0 Å². The van der Waals surface area contributed by atoms with Crippen molar-refractivity contribution in [2.45, 2.75) is 30.1 Å². The number of methoxy groups -OCH3 is 1. The highest BCUT2D eigenvalue weighted by Crippen LogP contribution is 2.66. The van der Waals surface area contributed by atoms with Crippen molar-refractivity contribution in [3.63, 3.8) is 0 Å². The summed E-state index contributed by atoms with van der Waals surface area (Å²) in [6, 6.07) is 30.1. The zero-order valence-corrected chi connectivity index (χ0v) is 16.0. The second kappa shape index (κ2) is 6.63. The number of benzene rings is 3. The molecule has 2 aliphatic rings. The average molecular weight is 368 g/mol. The minimum atomic E-state index is -0.251. The molecule has 0 bridgehead atoms. The van der Waals surface area contributed by atoms with E-state index in [0.29, 0.717) is 5.92 Å². The Hall–Kier alpha value is -2.87. The normalized spacial score (nSPS) is 27.8. The third-order valence-electron chi connectivity index (χ3n) is 6.97. The van der Waals surface area contributed by atoms with E-state index in [-0.39, 0.29) is 23.2 Å². The highest BCUT2D eigenvalue weighted by atomic mass is 16.5. The SMILES string of the molecule is COC(=O)C1CC(c2ccccc2)C2c3ccccc3CC12c1ccccc1. The Kier molecular flexibility index (Phi) is 4.08. The second-order valence-electron chi connectivity index (χ2n) is 8.09. The summed E-state index contributed by atoms with van der Waals surface area (Å²) in [4.78, 5) is 13.0. The molecule has 2 aliphatic carbocycles. The van der Waals surface area contributed by atoms with Crippen molar-refractivity contribution in [1.82, 2.24) is 0 Å². The molecule has 3 aromatic carbocycles. The van der Waals surface area contributed by atoms with Crippen molar-refractivity contribution < 1.29 is 9.53 Å². The number of carbonyl (C=O) groups excluding carboxylic acids is 1. The second-order valence-corrected chi connectivity index (χ2v) is 8.09. The summed E-state index contributed by atoms with van der Waals surface area (Å²) >= 11 is 0. The first kappa shape index (κ1) is 17.2. The van der Waals surface area contributed by atoms with Gasteiger partial charge in [-0.3, -0.25) is 4.79 Å². The summed E-state index contributed by atoms with van der Waals surface area (Å²) in [6.45, 7) is 0. The lowest BCUT2D eigenvalue weighted by Gasteiger charge is -2.36. The zero-order valence-electron chi connectivity index (χ0n) is 16.0. The van der Waals surface area contributed by atoms with E-state index in [2.05, 4.69) is 78.9 Å². The van der Waals surface area contributed by atoms with Crippen molar-refractivity contribution >= 4 is 5.97 Å². The summed E-state index contributed by atoms with van der Waals surface area (Å²) in [5, 5.41) is 0. The monoisotopic (exact) mass is 368 g/mol. The predicted octanol–water partition coefficient (Wildman–Crippen LogP) is 5.24. The lowest BCUT2D eigenvalue weighted by molar-refractivity contribution is -0.147. The van der Waals surface area contributed by atoms with Crippen LogP contribution in [0.3, 0.4) is 0 Å². The maximum atomic E-state index is 13.0. The summed E-state index contributed by atoms with van der Waals surface area (Å²) < 4.78 is 5.33. The Labute approximate surface area is 166 Å². The Morgan fingerprint density at radius 1 is 0.893 bits per heavy atom. The van der Waals surface area contributed by atoms with Gasteiger partial charge in [0, 0.05) is 11.3 Å². The predicted molar refractivity (Wildman–Crippen MR) is 110 cm³/mol. The van der Waals surface area contributed by atoms with E-state index in [4.69, 9.17) is 4.74 Å². The minimum Gasteiger partial charge on any atom is -0.469 e.